The predicted octanol–water partition coefficient (Wildman–Crippen LogP) is 3.25. The maximum atomic E-state index is 10.2. The van der Waals surface area contributed by atoms with Crippen LogP contribution in [0.5, 0.6) is 5.75 Å². The third-order valence-electron chi connectivity index (χ3n) is 3.92. The molecule has 0 aliphatic carbocycles. The van der Waals surface area contributed by atoms with E-state index in [1.165, 1.54) is 0 Å². The van der Waals surface area contributed by atoms with Gasteiger partial charge >= 0.3 is 0 Å². The molecule has 7 heteroatoms. The lowest BCUT2D eigenvalue weighted by Gasteiger charge is -2.28. The van der Waals surface area contributed by atoms with Gasteiger partial charge in [0.2, 0.25) is 0 Å². The normalized spacial score (nSPS) is 12.0. The smallest absolute Gasteiger partial charge is 0.123 e. The van der Waals surface area contributed by atoms with Crippen molar-refractivity contribution in [3.05, 3.63) is 53.7 Å². The number of nitrogens with one attached hydrogen (secondary N) is 1. The van der Waals surface area contributed by atoms with Crippen molar-refractivity contribution in [1.82, 2.24) is 10.3 Å². The van der Waals surface area contributed by atoms with Crippen molar-refractivity contribution in [3.8, 4) is 5.75 Å². The van der Waals surface area contributed by atoms with E-state index < -0.39 is 6.10 Å². The standard InChI is InChI=1S/C18H25N3O2.2ClH/c1-18(2,9-8-13-4-3-5-15(22)10-13)21-12-16(23)14-6-7-17(19)20-11-14;;/h3-7,10-11,16,21-23H,8-9,12H2,1-2H3,(H2,19,20);2*1H/t16-;;/m0../s1. The third-order valence-corrected chi connectivity index (χ3v) is 3.92. The molecular formula is C18H27Cl2N3O2. The average Bonchev–Trinajstić information content (AvgIpc) is 2.52. The highest BCUT2D eigenvalue weighted by Crippen LogP contribution is 2.18. The molecule has 0 amide bonds. The molecule has 140 valence electrons. The van der Waals surface area contributed by atoms with Crippen LogP contribution in [0.3, 0.4) is 0 Å². The molecule has 0 spiro atoms. The van der Waals surface area contributed by atoms with E-state index in [1.54, 1.807) is 30.5 Å². The van der Waals surface area contributed by atoms with Gasteiger partial charge in [0, 0.05) is 23.8 Å². The Balaban J connectivity index is 0.00000288. The van der Waals surface area contributed by atoms with Gasteiger partial charge in [-0.25, -0.2) is 4.98 Å². The van der Waals surface area contributed by atoms with Crippen LogP contribution in [0, 0.1) is 0 Å². The van der Waals surface area contributed by atoms with E-state index in [2.05, 4.69) is 24.1 Å². The summed E-state index contributed by atoms with van der Waals surface area (Å²) in [6.07, 6.45) is 2.72. The molecule has 5 N–H and O–H groups in total. The number of aryl methyl sites for hydroxylation is 1. The van der Waals surface area contributed by atoms with Crippen LogP contribution < -0.4 is 11.1 Å². The first-order chi connectivity index (χ1) is 10.9. The Morgan fingerprint density at radius 3 is 2.52 bits per heavy atom. The van der Waals surface area contributed by atoms with Crippen molar-refractivity contribution in [1.29, 1.82) is 0 Å². The molecule has 0 aliphatic heterocycles. The summed E-state index contributed by atoms with van der Waals surface area (Å²) in [5.41, 5.74) is 7.26. The van der Waals surface area contributed by atoms with Crippen LogP contribution in [-0.4, -0.2) is 27.3 Å². The Kier molecular flexibility index (Phi) is 9.82. The van der Waals surface area contributed by atoms with E-state index >= 15 is 0 Å². The topological polar surface area (TPSA) is 91.4 Å². The number of β-amino-alcohol motifs (C(OH)–C–C–N with tert-alkyl or cyclic N) is 1. The van der Waals surface area contributed by atoms with Crippen molar-refractivity contribution in [2.45, 2.75) is 38.3 Å². The zero-order chi connectivity index (χ0) is 16.9. The number of aromatic nitrogens is 1. The van der Waals surface area contributed by atoms with Gasteiger partial charge in [-0.3, -0.25) is 0 Å². The molecule has 1 aromatic heterocycles. The Morgan fingerprint density at radius 1 is 1.20 bits per heavy atom. The van der Waals surface area contributed by atoms with Crippen molar-refractivity contribution >= 4 is 30.6 Å². The minimum absolute atomic E-state index is 0. The number of rotatable bonds is 7. The van der Waals surface area contributed by atoms with Crippen molar-refractivity contribution in [2.75, 3.05) is 12.3 Å². The summed E-state index contributed by atoms with van der Waals surface area (Å²) in [7, 11) is 0. The molecule has 1 atom stereocenters. The van der Waals surface area contributed by atoms with E-state index in [9.17, 15) is 10.2 Å². The van der Waals surface area contributed by atoms with Crippen LogP contribution in [0.4, 0.5) is 5.82 Å². The first-order valence-corrected chi connectivity index (χ1v) is 7.78. The predicted molar refractivity (Wildman–Crippen MR) is 107 cm³/mol. The second kappa shape index (κ2) is 10.5. The minimum atomic E-state index is -0.622. The molecule has 5 nitrogen and oxygen atoms in total. The highest BCUT2D eigenvalue weighted by Gasteiger charge is 2.19. The number of hydrogen-bond donors (Lipinski definition) is 4. The molecule has 0 aliphatic rings. The fourth-order valence-electron chi connectivity index (χ4n) is 2.36. The first kappa shape index (κ1) is 23.5. The SMILES string of the molecule is CC(C)(CCc1cccc(O)c1)NC[C@H](O)c1ccc(N)nc1.Cl.Cl. The lowest BCUT2D eigenvalue weighted by atomic mass is 9.94. The Labute approximate surface area is 161 Å². The fraction of sp³-hybridized carbons (Fsp3) is 0.389. The molecule has 0 radical (unpaired) electrons. The molecular weight excluding hydrogens is 361 g/mol. The van der Waals surface area contributed by atoms with Crippen LogP contribution in [0.25, 0.3) is 0 Å². The van der Waals surface area contributed by atoms with Crippen LogP contribution in [0.1, 0.15) is 37.5 Å². The van der Waals surface area contributed by atoms with Crippen LogP contribution in [0.2, 0.25) is 0 Å². The number of halogens is 2. The van der Waals surface area contributed by atoms with Crippen LogP contribution in [0.15, 0.2) is 42.6 Å². The van der Waals surface area contributed by atoms with Gasteiger partial charge in [0.1, 0.15) is 11.6 Å². The number of nitrogens with zero attached hydrogens (tertiary/aromatic N) is 1. The highest BCUT2D eigenvalue weighted by atomic mass is 35.5. The second-order valence-corrected chi connectivity index (χ2v) is 6.47. The summed E-state index contributed by atoms with van der Waals surface area (Å²) in [5.74, 6) is 0.736. The number of aromatic hydroxyl groups is 1. The summed E-state index contributed by atoms with van der Waals surface area (Å²) in [6.45, 7) is 4.64. The number of benzene rings is 1. The number of aliphatic hydroxyl groups is 1. The van der Waals surface area contributed by atoms with Crippen LogP contribution in [-0.2, 0) is 6.42 Å². The maximum absolute atomic E-state index is 10.2. The van der Waals surface area contributed by atoms with Gasteiger partial charge in [-0.1, -0.05) is 18.2 Å². The zero-order valence-electron chi connectivity index (χ0n) is 14.5. The molecule has 1 heterocycles. The van der Waals surface area contributed by atoms with Gasteiger partial charge < -0.3 is 21.3 Å². The second-order valence-electron chi connectivity index (χ2n) is 6.47. The highest BCUT2D eigenvalue weighted by molar-refractivity contribution is 5.85. The molecule has 2 aromatic rings. The van der Waals surface area contributed by atoms with Gasteiger partial charge in [0.25, 0.3) is 0 Å². The molecule has 0 bridgehead atoms. The van der Waals surface area contributed by atoms with Crippen LogP contribution >= 0.6 is 24.8 Å². The number of aliphatic hydroxyl groups excluding tert-OH is 1. The fourth-order valence-corrected chi connectivity index (χ4v) is 2.36. The third kappa shape index (κ3) is 7.92. The largest absolute Gasteiger partial charge is 0.508 e. The van der Waals surface area contributed by atoms with Gasteiger partial charge in [-0.15, -0.1) is 24.8 Å². The number of pyridine rings is 1. The van der Waals surface area contributed by atoms with E-state index in [-0.39, 0.29) is 30.4 Å². The lowest BCUT2D eigenvalue weighted by Crippen LogP contribution is -2.42. The van der Waals surface area contributed by atoms with Crippen molar-refractivity contribution < 1.29 is 10.2 Å². The molecule has 0 unspecified atom stereocenters. The molecule has 0 saturated heterocycles. The number of phenolic OH excluding ortho intramolecular Hbond substituents is 1. The number of phenols is 1. The number of anilines is 1. The van der Waals surface area contributed by atoms with Gasteiger partial charge in [0.15, 0.2) is 0 Å². The van der Waals surface area contributed by atoms with E-state index in [4.69, 9.17) is 5.73 Å². The summed E-state index contributed by atoms with van der Waals surface area (Å²) >= 11 is 0. The molecule has 0 fully saturated rings. The van der Waals surface area contributed by atoms with Gasteiger partial charge in [0.05, 0.1) is 6.10 Å². The lowest BCUT2D eigenvalue weighted by molar-refractivity contribution is 0.159. The number of nitrogen functional groups attached to an aromatic ring is 1. The first-order valence-electron chi connectivity index (χ1n) is 7.78. The van der Waals surface area contributed by atoms with Crippen molar-refractivity contribution in [2.24, 2.45) is 0 Å². The minimum Gasteiger partial charge on any atom is -0.508 e. The van der Waals surface area contributed by atoms with E-state index in [0.29, 0.717) is 18.1 Å². The van der Waals surface area contributed by atoms with Gasteiger partial charge in [-0.2, -0.15) is 0 Å². The summed E-state index contributed by atoms with van der Waals surface area (Å²) < 4.78 is 0. The average molecular weight is 388 g/mol. The quantitative estimate of drug-likeness (QED) is 0.585. The molecule has 1 aromatic carbocycles. The maximum Gasteiger partial charge on any atom is 0.123 e. The zero-order valence-corrected chi connectivity index (χ0v) is 16.1. The van der Waals surface area contributed by atoms with Gasteiger partial charge in [-0.05, 0) is 50.5 Å². The summed E-state index contributed by atoms with van der Waals surface area (Å²) in [5, 5.41) is 23.1. The van der Waals surface area contributed by atoms with E-state index in [0.717, 1.165) is 24.0 Å². The molecule has 2 rings (SSSR count). The van der Waals surface area contributed by atoms with Crippen molar-refractivity contribution in [3.63, 3.8) is 0 Å². The number of hydrogen-bond acceptors (Lipinski definition) is 5. The Hall–Kier alpha value is -1.53. The number of nitrogens with two attached hydrogens (primary N) is 1. The molecule has 25 heavy (non-hydrogen) atoms. The Morgan fingerprint density at radius 2 is 1.92 bits per heavy atom. The Bertz CT molecular complexity index is 636. The monoisotopic (exact) mass is 387 g/mol. The van der Waals surface area contributed by atoms with E-state index in [1.807, 2.05) is 12.1 Å². The summed E-state index contributed by atoms with van der Waals surface area (Å²) in [6, 6.07) is 10.8. The summed E-state index contributed by atoms with van der Waals surface area (Å²) in [4.78, 5) is 4.00. The molecule has 0 saturated carbocycles.